The van der Waals surface area contributed by atoms with Crippen molar-refractivity contribution in [3.8, 4) is 5.75 Å². The molecule has 2 aromatic rings. The summed E-state index contributed by atoms with van der Waals surface area (Å²) in [5, 5.41) is 0.747. The molecule has 0 aromatic heterocycles. The number of rotatable bonds is 4. The van der Waals surface area contributed by atoms with Crippen LogP contribution in [-0.2, 0) is 4.79 Å². The smallest absolute Gasteiger partial charge is 0.260 e. The van der Waals surface area contributed by atoms with Crippen LogP contribution in [0.2, 0.25) is 5.02 Å². The minimum atomic E-state index is 0.0594. The standard InChI is InChI=1S/C21H24ClNO2/c1-16-6-2-3-8-20(16)25-15-21(24)23-13-5-4-7-18(14-23)17-9-11-19(22)12-10-17/h2-3,6,8-12,18H,4-5,7,13-15H2,1H3. The van der Waals surface area contributed by atoms with Crippen molar-refractivity contribution in [1.82, 2.24) is 4.90 Å². The predicted octanol–water partition coefficient (Wildman–Crippen LogP) is 4.82. The Hall–Kier alpha value is -2.00. The van der Waals surface area contributed by atoms with E-state index in [1.54, 1.807) is 0 Å². The quantitative estimate of drug-likeness (QED) is 0.784. The number of benzene rings is 2. The lowest BCUT2D eigenvalue weighted by Crippen LogP contribution is -2.37. The summed E-state index contributed by atoms with van der Waals surface area (Å²) >= 11 is 5.99. The van der Waals surface area contributed by atoms with Gasteiger partial charge in [0.15, 0.2) is 6.61 Å². The maximum absolute atomic E-state index is 12.6. The summed E-state index contributed by atoms with van der Waals surface area (Å²) in [6, 6.07) is 15.8. The highest BCUT2D eigenvalue weighted by atomic mass is 35.5. The zero-order valence-corrected chi connectivity index (χ0v) is 15.3. The number of hydrogen-bond donors (Lipinski definition) is 0. The highest BCUT2D eigenvalue weighted by Crippen LogP contribution is 2.27. The van der Waals surface area contributed by atoms with E-state index < -0.39 is 0 Å². The third-order valence-electron chi connectivity index (χ3n) is 4.81. The lowest BCUT2D eigenvalue weighted by Gasteiger charge is -2.25. The lowest BCUT2D eigenvalue weighted by atomic mass is 9.94. The molecule has 3 rings (SSSR count). The Labute approximate surface area is 154 Å². The number of para-hydroxylation sites is 1. The van der Waals surface area contributed by atoms with Gasteiger partial charge >= 0.3 is 0 Å². The molecule has 0 N–H and O–H groups in total. The number of halogens is 1. The molecule has 0 bridgehead atoms. The van der Waals surface area contributed by atoms with Crippen LogP contribution in [0.1, 0.15) is 36.3 Å². The third-order valence-corrected chi connectivity index (χ3v) is 5.06. The van der Waals surface area contributed by atoms with E-state index in [-0.39, 0.29) is 12.5 Å². The van der Waals surface area contributed by atoms with E-state index in [9.17, 15) is 4.79 Å². The largest absolute Gasteiger partial charge is 0.484 e. The SMILES string of the molecule is Cc1ccccc1OCC(=O)N1CCCCC(c2ccc(Cl)cc2)C1. The molecule has 0 radical (unpaired) electrons. The van der Waals surface area contributed by atoms with Gasteiger partial charge in [-0.05, 0) is 49.1 Å². The molecular formula is C21H24ClNO2. The highest BCUT2D eigenvalue weighted by molar-refractivity contribution is 6.30. The van der Waals surface area contributed by atoms with E-state index in [4.69, 9.17) is 16.3 Å². The molecule has 1 fully saturated rings. The van der Waals surface area contributed by atoms with Gasteiger partial charge in [-0.15, -0.1) is 0 Å². The van der Waals surface area contributed by atoms with Crippen molar-refractivity contribution in [2.75, 3.05) is 19.7 Å². The number of amides is 1. The number of ether oxygens (including phenoxy) is 1. The first kappa shape index (κ1) is 17.8. The molecule has 1 amide bonds. The van der Waals surface area contributed by atoms with Crippen LogP contribution in [0.5, 0.6) is 5.75 Å². The third kappa shape index (κ3) is 4.76. The zero-order chi connectivity index (χ0) is 17.6. The zero-order valence-electron chi connectivity index (χ0n) is 14.6. The van der Waals surface area contributed by atoms with Crippen LogP contribution in [0, 0.1) is 6.92 Å². The van der Waals surface area contributed by atoms with Crippen molar-refractivity contribution >= 4 is 17.5 Å². The molecule has 1 unspecified atom stereocenters. The Morgan fingerprint density at radius 3 is 2.68 bits per heavy atom. The summed E-state index contributed by atoms with van der Waals surface area (Å²) in [4.78, 5) is 14.6. The second kappa shape index (κ2) is 8.39. The van der Waals surface area contributed by atoms with E-state index >= 15 is 0 Å². The van der Waals surface area contributed by atoms with Crippen LogP contribution < -0.4 is 4.74 Å². The molecule has 1 saturated heterocycles. The van der Waals surface area contributed by atoms with Gasteiger partial charge in [0.05, 0.1) is 0 Å². The Kier molecular flexibility index (Phi) is 5.98. The van der Waals surface area contributed by atoms with Crippen molar-refractivity contribution in [3.05, 3.63) is 64.7 Å². The van der Waals surface area contributed by atoms with E-state index in [1.807, 2.05) is 48.2 Å². The first-order valence-electron chi connectivity index (χ1n) is 8.85. The number of likely N-dealkylation sites (tertiary alicyclic amines) is 1. The minimum absolute atomic E-state index is 0.0594. The fourth-order valence-corrected chi connectivity index (χ4v) is 3.45. The van der Waals surface area contributed by atoms with E-state index in [2.05, 4.69) is 12.1 Å². The number of aryl methyl sites for hydroxylation is 1. The van der Waals surface area contributed by atoms with Crippen molar-refractivity contribution in [2.24, 2.45) is 0 Å². The molecule has 4 heteroatoms. The summed E-state index contributed by atoms with van der Waals surface area (Å²) in [6.07, 6.45) is 3.28. The van der Waals surface area contributed by atoms with Crippen molar-refractivity contribution in [3.63, 3.8) is 0 Å². The van der Waals surface area contributed by atoms with Crippen LogP contribution >= 0.6 is 11.6 Å². The molecule has 25 heavy (non-hydrogen) atoms. The van der Waals surface area contributed by atoms with Crippen LogP contribution in [0.25, 0.3) is 0 Å². The summed E-state index contributed by atoms with van der Waals surface area (Å²) < 4.78 is 5.74. The maximum Gasteiger partial charge on any atom is 0.260 e. The summed E-state index contributed by atoms with van der Waals surface area (Å²) in [5.41, 5.74) is 2.30. The summed E-state index contributed by atoms with van der Waals surface area (Å²) in [5.74, 6) is 1.20. The van der Waals surface area contributed by atoms with E-state index in [0.717, 1.165) is 48.7 Å². The molecular weight excluding hydrogens is 334 g/mol. The average Bonchev–Trinajstić information content (AvgIpc) is 2.88. The van der Waals surface area contributed by atoms with Gasteiger partial charge in [-0.1, -0.05) is 48.4 Å². The van der Waals surface area contributed by atoms with Gasteiger partial charge < -0.3 is 9.64 Å². The lowest BCUT2D eigenvalue weighted by molar-refractivity contribution is -0.133. The molecule has 1 aliphatic rings. The summed E-state index contributed by atoms with van der Waals surface area (Å²) in [6.45, 7) is 3.64. The Morgan fingerprint density at radius 1 is 1.16 bits per heavy atom. The molecule has 3 nitrogen and oxygen atoms in total. The molecule has 1 heterocycles. The topological polar surface area (TPSA) is 29.5 Å². The first-order valence-corrected chi connectivity index (χ1v) is 9.23. The van der Waals surface area contributed by atoms with Crippen molar-refractivity contribution in [1.29, 1.82) is 0 Å². The maximum atomic E-state index is 12.6. The van der Waals surface area contributed by atoms with Crippen molar-refractivity contribution in [2.45, 2.75) is 32.1 Å². The van der Waals surface area contributed by atoms with Gasteiger partial charge in [0.2, 0.25) is 0 Å². The second-order valence-electron chi connectivity index (χ2n) is 6.64. The number of carbonyl (C=O) groups is 1. The fraction of sp³-hybridized carbons (Fsp3) is 0.381. The average molecular weight is 358 g/mol. The van der Waals surface area contributed by atoms with Crippen LogP contribution in [0.15, 0.2) is 48.5 Å². The van der Waals surface area contributed by atoms with Gasteiger partial charge in [0, 0.05) is 24.0 Å². The van der Waals surface area contributed by atoms with Gasteiger partial charge in [-0.2, -0.15) is 0 Å². The van der Waals surface area contributed by atoms with Gasteiger partial charge in [-0.3, -0.25) is 4.79 Å². The van der Waals surface area contributed by atoms with Crippen LogP contribution in [0.3, 0.4) is 0 Å². The second-order valence-corrected chi connectivity index (χ2v) is 7.07. The van der Waals surface area contributed by atoms with Crippen LogP contribution in [0.4, 0.5) is 0 Å². The molecule has 0 saturated carbocycles. The van der Waals surface area contributed by atoms with Gasteiger partial charge in [0.25, 0.3) is 5.91 Å². The van der Waals surface area contributed by atoms with Gasteiger partial charge in [-0.25, -0.2) is 0 Å². The highest BCUT2D eigenvalue weighted by Gasteiger charge is 2.23. The molecule has 0 aliphatic carbocycles. The van der Waals surface area contributed by atoms with Gasteiger partial charge in [0.1, 0.15) is 5.75 Å². The monoisotopic (exact) mass is 357 g/mol. The molecule has 1 atom stereocenters. The van der Waals surface area contributed by atoms with Crippen LogP contribution in [-0.4, -0.2) is 30.5 Å². The van der Waals surface area contributed by atoms with E-state index in [0.29, 0.717) is 5.92 Å². The first-order chi connectivity index (χ1) is 12.1. The summed E-state index contributed by atoms with van der Waals surface area (Å²) in [7, 11) is 0. The fourth-order valence-electron chi connectivity index (χ4n) is 3.32. The molecule has 2 aromatic carbocycles. The van der Waals surface area contributed by atoms with E-state index in [1.165, 1.54) is 5.56 Å². The molecule has 132 valence electrons. The Morgan fingerprint density at radius 2 is 1.92 bits per heavy atom. The molecule has 1 aliphatic heterocycles. The number of nitrogens with zero attached hydrogens (tertiary/aromatic N) is 1. The number of carbonyl (C=O) groups excluding carboxylic acids is 1. The van der Waals surface area contributed by atoms with Crippen molar-refractivity contribution < 1.29 is 9.53 Å². The Bertz CT molecular complexity index is 714. The minimum Gasteiger partial charge on any atom is -0.484 e. The Balaban J connectivity index is 1.63. The molecule has 0 spiro atoms. The number of hydrogen-bond acceptors (Lipinski definition) is 2. The normalized spacial score (nSPS) is 17.8. The predicted molar refractivity (Wildman–Crippen MR) is 101 cm³/mol.